The number of hydrogen-bond donors (Lipinski definition) is 3. The molecule has 0 atom stereocenters. The molecule has 3 N–H and O–H groups in total. The van der Waals surface area contributed by atoms with Gasteiger partial charge in [0.05, 0.1) is 6.54 Å². The molecule has 3 rings (SSSR count). The Morgan fingerprint density at radius 3 is 2.12 bits per heavy atom. The molecule has 2 aromatic rings. The number of halogens is 1. The number of nitrogens with zero attached hydrogens (tertiary/aromatic N) is 2. The number of aromatic hydroxyl groups is 1. The van der Waals surface area contributed by atoms with Gasteiger partial charge < -0.3 is 15.3 Å². The molecule has 0 fully saturated rings. The number of ketones is 1. The number of carbonyl (C=O) groups is 2. The van der Waals surface area contributed by atoms with Crippen LogP contribution in [0.2, 0.25) is 0 Å². The number of benzene rings is 1. The number of Topliss-reactive ketones (excluding diaryl/α,β-unsaturated/α-hetero) is 1. The molecule has 1 aliphatic heterocycles. The van der Waals surface area contributed by atoms with Crippen molar-refractivity contribution in [1.82, 2.24) is 9.88 Å². The topological polar surface area (TPSA) is 106 Å². The van der Waals surface area contributed by atoms with E-state index < -0.39 is 0 Å². The third-order valence-electron chi connectivity index (χ3n) is 5.57. The zero-order valence-corrected chi connectivity index (χ0v) is 22.0. The van der Waals surface area contributed by atoms with Gasteiger partial charge in [-0.25, -0.2) is 4.98 Å². The van der Waals surface area contributed by atoms with Crippen LogP contribution in [0.15, 0.2) is 24.3 Å². The van der Waals surface area contributed by atoms with Gasteiger partial charge in [0.25, 0.3) is 0 Å². The highest BCUT2D eigenvalue weighted by molar-refractivity contribution is 8.93. The van der Waals surface area contributed by atoms with Crippen LogP contribution in [0.3, 0.4) is 0 Å². The summed E-state index contributed by atoms with van der Waals surface area (Å²) >= 11 is 0. The van der Waals surface area contributed by atoms with Gasteiger partial charge in [-0.1, -0.05) is 47.6 Å². The molecule has 0 spiro atoms. The lowest BCUT2D eigenvalue weighted by Crippen LogP contribution is -2.31. The lowest BCUT2D eigenvalue weighted by atomic mass is 9.78. The van der Waals surface area contributed by atoms with Crippen LogP contribution in [0.1, 0.15) is 81.2 Å². The standard InChI is InChI=1S/C25H32N4O3.BrH/c1-14(30)27-20-9-8-15-12-29(23(26)21(15)28-20)13-19(31)16-10-17(24(2,3)4)22(32)18(11-16)25(5,6)7;/h8-11,26,32H,12-13H2,1-7H3,(H,27,28,30);1H. The second-order valence-corrected chi connectivity index (χ2v) is 10.4. The average molecular weight is 517 g/mol. The van der Waals surface area contributed by atoms with Crippen molar-refractivity contribution in [3.8, 4) is 5.75 Å². The minimum absolute atomic E-state index is 0. The molecule has 0 radical (unpaired) electrons. The van der Waals surface area contributed by atoms with Crippen molar-refractivity contribution in [3.63, 3.8) is 0 Å². The van der Waals surface area contributed by atoms with Gasteiger partial charge in [-0.05, 0) is 29.0 Å². The molecule has 178 valence electrons. The Morgan fingerprint density at radius 1 is 1.09 bits per heavy atom. The van der Waals surface area contributed by atoms with E-state index in [0.717, 1.165) is 16.7 Å². The summed E-state index contributed by atoms with van der Waals surface area (Å²) in [6, 6.07) is 7.06. The molecule has 0 bridgehead atoms. The van der Waals surface area contributed by atoms with E-state index >= 15 is 0 Å². The van der Waals surface area contributed by atoms with Gasteiger partial charge in [-0.3, -0.25) is 15.0 Å². The van der Waals surface area contributed by atoms with Crippen molar-refractivity contribution >= 4 is 40.3 Å². The Hall–Kier alpha value is -2.74. The normalized spacial score (nSPS) is 13.4. The predicted octanol–water partition coefficient (Wildman–Crippen LogP) is 4.94. The number of amidine groups is 1. The fourth-order valence-electron chi connectivity index (χ4n) is 3.84. The number of fused-ring (bicyclic) bond motifs is 1. The van der Waals surface area contributed by atoms with Crippen molar-refractivity contribution in [1.29, 1.82) is 5.41 Å². The summed E-state index contributed by atoms with van der Waals surface area (Å²) in [6.07, 6.45) is 0. The van der Waals surface area contributed by atoms with Gasteiger partial charge in [0.2, 0.25) is 5.91 Å². The van der Waals surface area contributed by atoms with E-state index in [1.807, 2.05) is 47.6 Å². The number of anilines is 1. The minimum Gasteiger partial charge on any atom is -0.507 e. The quantitative estimate of drug-likeness (QED) is 0.498. The van der Waals surface area contributed by atoms with Crippen LogP contribution in [0.4, 0.5) is 5.82 Å². The molecule has 8 heteroatoms. The number of nitrogens with one attached hydrogen (secondary N) is 2. The molecular weight excluding hydrogens is 484 g/mol. The van der Waals surface area contributed by atoms with Gasteiger partial charge in [-0.15, -0.1) is 17.0 Å². The van der Waals surface area contributed by atoms with E-state index in [0.29, 0.717) is 23.6 Å². The van der Waals surface area contributed by atoms with Crippen LogP contribution in [-0.4, -0.2) is 39.1 Å². The van der Waals surface area contributed by atoms with Crippen molar-refractivity contribution in [3.05, 3.63) is 52.2 Å². The summed E-state index contributed by atoms with van der Waals surface area (Å²) in [5.74, 6) is 0.424. The largest absolute Gasteiger partial charge is 0.507 e. The highest BCUT2D eigenvalue weighted by atomic mass is 79.9. The maximum absolute atomic E-state index is 13.3. The first-order valence-corrected chi connectivity index (χ1v) is 10.7. The maximum Gasteiger partial charge on any atom is 0.222 e. The van der Waals surface area contributed by atoms with Crippen LogP contribution in [-0.2, 0) is 22.2 Å². The van der Waals surface area contributed by atoms with E-state index in [1.165, 1.54) is 6.92 Å². The Labute approximate surface area is 205 Å². The second kappa shape index (κ2) is 9.25. The summed E-state index contributed by atoms with van der Waals surface area (Å²) in [6.45, 7) is 13.9. The molecule has 1 aromatic carbocycles. The summed E-state index contributed by atoms with van der Waals surface area (Å²) in [5.41, 5.74) is 2.63. The third-order valence-corrected chi connectivity index (χ3v) is 5.57. The van der Waals surface area contributed by atoms with Crippen molar-refractivity contribution in [2.24, 2.45) is 0 Å². The van der Waals surface area contributed by atoms with Crippen molar-refractivity contribution in [2.45, 2.75) is 65.8 Å². The highest BCUT2D eigenvalue weighted by Gasteiger charge is 2.31. The van der Waals surface area contributed by atoms with Gasteiger partial charge >= 0.3 is 0 Å². The smallest absolute Gasteiger partial charge is 0.222 e. The zero-order valence-electron chi connectivity index (χ0n) is 20.3. The number of carbonyl (C=O) groups excluding carboxylic acids is 2. The van der Waals surface area contributed by atoms with Crippen molar-refractivity contribution < 1.29 is 14.7 Å². The number of phenols is 1. The first-order chi connectivity index (χ1) is 14.7. The summed E-state index contributed by atoms with van der Waals surface area (Å²) in [7, 11) is 0. The Morgan fingerprint density at radius 2 is 1.64 bits per heavy atom. The number of aromatic nitrogens is 1. The fraction of sp³-hybridized carbons (Fsp3) is 0.440. The summed E-state index contributed by atoms with van der Waals surface area (Å²) < 4.78 is 0. The van der Waals surface area contributed by atoms with Crippen LogP contribution in [0.5, 0.6) is 5.75 Å². The zero-order chi connectivity index (χ0) is 24.0. The Kier molecular flexibility index (Phi) is 7.43. The molecule has 7 nitrogen and oxygen atoms in total. The first-order valence-electron chi connectivity index (χ1n) is 10.7. The number of amides is 1. The molecule has 2 heterocycles. The fourth-order valence-corrected chi connectivity index (χ4v) is 3.84. The average Bonchev–Trinajstić information content (AvgIpc) is 2.95. The van der Waals surface area contributed by atoms with Crippen LogP contribution >= 0.6 is 17.0 Å². The lowest BCUT2D eigenvalue weighted by molar-refractivity contribution is -0.114. The van der Waals surface area contributed by atoms with Crippen molar-refractivity contribution in [2.75, 3.05) is 11.9 Å². The van der Waals surface area contributed by atoms with Crippen LogP contribution < -0.4 is 5.32 Å². The first kappa shape index (κ1) is 26.5. The van der Waals surface area contributed by atoms with E-state index in [-0.39, 0.29) is 57.6 Å². The van der Waals surface area contributed by atoms with Gasteiger partial charge in [0.1, 0.15) is 23.1 Å². The lowest BCUT2D eigenvalue weighted by Gasteiger charge is -2.28. The maximum atomic E-state index is 13.3. The van der Waals surface area contributed by atoms with E-state index in [1.54, 1.807) is 23.1 Å². The Bertz CT molecular complexity index is 1080. The number of phenolic OH excluding ortho intramolecular Hbond substituents is 1. The Balaban J connectivity index is 0.00000385. The molecule has 0 aliphatic carbocycles. The van der Waals surface area contributed by atoms with Crippen LogP contribution in [0.25, 0.3) is 0 Å². The molecule has 33 heavy (non-hydrogen) atoms. The molecule has 1 aliphatic rings. The number of hydrogen-bond acceptors (Lipinski definition) is 5. The predicted molar refractivity (Wildman–Crippen MR) is 136 cm³/mol. The molecule has 1 aromatic heterocycles. The summed E-state index contributed by atoms with van der Waals surface area (Å²) in [4.78, 5) is 30.6. The number of rotatable bonds is 4. The molecule has 1 amide bonds. The molecular formula is C25H33BrN4O3. The molecule has 0 saturated carbocycles. The monoisotopic (exact) mass is 516 g/mol. The summed E-state index contributed by atoms with van der Waals surface area (Å²) in [5, 5.41) is 22.0. The van der Waals surface area contributed by atoms with Gasteiger partial charge in [0, 0.05) is 35.7 Å². The number of pyridine rings is 1. The second-order valence-electron chi connectivity index (χ2n) is 10.4. The van der Waals surface area contributed by atoms with Gasteiger partial charge in [0.15, 0.2) is 5.78 Å². The SMILES string of the molecule is Br.CC(=O)Nc1ccc2c(n1)C(=N)N(CC(=O)c1cc(C(C)(C)C)c(O)c(C(C)(C)C)c1)C2. The van der Waals surface area contributed by atoms with Crippen LogP contribution in [0, 0.1) is 5.41 Å². The van der Waals surface area contributed by atoms with E-state index in [4.69, 9.17) is 5.41 Å². The van der Waals surface area contributed by atoms with E-state index in [9.17, 15) is 14.7 Å². The van der Waals surface area contributed by atoms with Gasteiger partial charge in [-0.2, -0.15) is 0 Å². The molecule has 0 saturated heterocycles. The van der Waals surface area contributed by atoms with E-state index in [2.05, 4.69) is 10.3 Å². The highest BCUT2D eigenvalue weighted by Crippen LogP contribution is 2.40. The molecule has 0 unspecified atom stereocenters. The minimum atomic E-state index is -0.332. The third kappa shape index (κ3) is 5.61.